The molecule has 172 valence electrons. The van der Waals surface area contributed by atoms with Crippen molar-refractivity contribution in [2.75, 3.05) is 5.75 Å². The van der Waals surface area contributed by atoms with Crippen LogP contribution in [0.5, 0.6) is 0 Å². The van der Waals surface area contributed by atoms with Gasteiger partial charge in [0.05, 0.1) is 17.8 Å². The van der Waals surface area contributed by atoms with Crippen LogP contribution in [0.2, 0.25) is 0 Å². The van der Waals surface area contributed by atoms with Crippen LogP contribution in [0.4, 0.5) is 0 Å². The van der Waals surface area contributed by atoms with Gasteiger partial charge < -0.3 is 15.3 Å². The van der Waals surface area contributed by atoms with Crippen molar-refractivity contribution in [1.29, 1.82) is 0 Å². The Morgan fingerprint density at radius 2 is 2.06 bits per heavy atom. The van der Waals surface area contributed by atoms with Gasteiger partial charge in [0.25, 0.3) is 0 Å². The molecule has 4 heteroatoms. The molecule has 5 atom stereocenters. The number of rotatable bonds is 6. The molecule has 0 aromatic carbocycles. The Kier molecular flexibility index (Phi) is 7.79. The van der Waals surface area contributed by atoms with Crippen molar-refractivity contribution in [3.8, 4) is 0 Å². The summed E-state index contributed by atoms with van der Waals surface area (Å²) in [6.45, 7) is 12.4. The zero-order chi connectivity index (χ0) is 22.8. The van der Waals surface area contributed by atoms with Crippen molar-refractivity contribution in [1.82, 2.24) is 0 Å². The van der Waals surface area contributed by atoms with Crippen LogP contribution < -0.4 is 0 Å². The molecule has 0 spiro atoms. The van der Waals surface area contributed by atoms with Crippen molar-refractivity contribution in [2.24, 2.45) is 11.3 Å². The predicted molar refractivity (Wildman–Crippen MR) is 132 cm³/mol. The predicted octanol–water partition coefficient (Wildman–Crippen LogP) is 5.50. The first kappa shape index (κ1) is 24.6. The van der Waals surface area contributed by atoms with Crippen molar-refractivity contribution in [3.63, 3.8) is 0 Å². The van der Waals surface area contributed by atoms with Gasteiger partial charge in [-0.25, -0.2) is 0 Å². The third-order valence-electron chi connectivity index (χ3n) is 7.28. The molecule has 1 unspecified atom stereocenters. The highest BCUT2D eigenvalue weighted by molar-refractivity contribution is 8.00. The average Bonchev–Trinajstić information content (AvgIpc) is 3.03. The lowest BCUT2D eigenvalue weighted by Gasteiger charge is -2.42. The fourth-order valence-corrected chi connectivity index (χ4v) is 6.61. The lowest BCUT2D eigenvalue weighted by Crippen LogP contribution is -2.33. The van der Waals surface area contributed by atoms with Gasteiger partial charge >= 0.3 is 0 Å². The fourth-order valence-electron chi connectivity index (χ4n) is 5.57. The fraction of sp³-hybridized carbons (Fsp3) is 0.630. The van der Waals surface area contributed by atoms with Crippen molar-refractivity contribution < 1.29 is 15.3 Å². The van der Waals surface area contributed by atoms with Crippen LogP contribution in [0.1, 0.15) is 66.2 Å². The van der Waals surface area contributed by atoms with Gasteiger partial charge in [-0.15, -0.1) is 0 Å². The van der Waals surface area contributed by atoms with Crippen LogP contribution >= 0.6 is 11.8 Å². The van der Waals surface area contributed by atoms with E-state index in [4.69, 9.17) is 0 Å². The molecular formula is C27H40O3S. The Balaban J connectivity index is 1.70. The minimum atomic E-state index is -0.749. The maximum Gasteiger partial charge on any atom is 0.0811 e. The van der Waals surface area contributed by atoms with E-state index in [1.807, 2.05) is 17.8 Å². The van der Waals surface area contributed by atoms with Crippen LogP contribution in [0.15, 0.2) is 59.3 Å². The summed E-state index contributed by atoms with van der Waals surface area (Å²) in [5.41, 5.74) is 4.27. The summed E-state index contributed by atoms with van der Waals surface area (Å²) in [6.07, 6.45) is 15.3. The zero-order valence-corrected chi connectivity index (χ0v) is 20.4. The van der Waals surface area contributed by atoms with Crippen LogP contribution in [0, 0.1) is 11.3 Å². The molecule has 0 aromatic heterocycles. The number of aliphatic hydroxyl groups is 3. The van der Waals surface area contributed by atoms with Gasteiger partial charge in [0.2, 0.25) is 0 Å². The molecule has 0 heterocycles. The highest BCUT2D eigenvalue weighted by atomic mass is 32.2. The number of fused-ring (bicyclic) bond motifs is 1. The number of hydrogen-bond acceptors (Lipinski definition) is 4. The molecule has 2 saturated carbocycles. The second-order valence-electron chi connectivity index (χ2n) is 10.3. The first-order valence-corrected chi connectivity index (χ1v) is 12.7. The van der Waals surface area contributed by atoms with Gasteiger partial charge in [-0.2, -0.15) is 11.8 Å². The number of thioether (sulfide) groups is 1. The number of aliphatic hydroxyl groups excluding tert-OH is 2. The molecule has 0 radical (unpaired) electrons. The standard InChI is InChI=1S/C27H40O3S/c1-18-21(16-22(28)17-25(18)29)10-9-20-8-6-14-27(5)23(11-12-24(20)27)19(2)31-15-7-13-26(3,4)30/h7,9-11,13,19,22,24-25,28-30H,1,6,8,12,14-17H2,2-5H3/b13-7-,20-9+,21-10-/t19?,22-,24+,25+,27-/m1/s1. The van der Waals surface area contributed by atoms with Gasteiger partial charge in [0.1, 0.15) is 0 Å². The van der Waals surface area contributed by atoms with Gasteiger partial charge in [-0.05, 0) is 75.4 Å². The monoisotopic (exact) mass is 444 g/mol. The Morgan fingerprint density at radius 3 is 2.77 bits per heavy atom. The van der Waals surface area contributed by atoms with Gasteiger partial charge in [-0.3, -0.25) is 0 Å². The van der Waals surface area contributed by atoms with Gasteiger partial charge in [-0.1, -0.05) is 55.0 Å². The lowest BCUT2D eigenvalue weighted by molar-refractivity contribution is 0.0862. The molecule has 3 rings (SSSR count). The molecule has 0 aliphatic heterocycles. The number of allylic oxidation sites excluding steroid dienone is 4. The highest BCUT2D eigenvalue weighted by Crippen LogP contribution is 2.56. The molecule has 3 nitrogen and oxygen atoms in total. The summed E-state index contributed by atoms with van der Waals surface area (Å²) in [5.74, 6) is 1.44. The molecule has 3 N–H and O–H groups in total. The lowest BCUT2D eigenvalue weighted by atomic mass is 9.64. The summed E-state index contributed by atoms with van der Waals surface area (Å²) in [4.78, 5) is 0. The Bertz CT molecular complexity index is 798. The molecule has 3 aliphatic rings. The summed E-state index contributed by atoms with van der Waals surface area (Å²) in [7, 11) is 0. The molecule has 0 aromatic rings. The van der Waals surface area contributed by atoms with Gasteiger partial charge in [0.15, 0.2) is 0 Å². The smallest absolute Gasteiger partial charge is 0.0811 e. The van der Waals surface area contributed by atoms with Crippen LogP contribution in [-0.4, -0.2) is 44.1 Å². The minimum absolute atomic E-state index is 0.206. The van der Waals surface area contributed by atoms with E-state index in [1.54, 1.807) is 19.4 Å². The zero-order valence-electron chi connectivity index (χ0n) is 19.6. The SMILES string of the molecule is C=C1/C(=C\C=C2/CCC[C@]3(C)C(C(C)SC/C=C\C(C)(C)O)=CC[C@@H]23)C[C@@H](O)C[C@@H]1O. The molecule has 2 fully saturated rings. The maximum absolute atomic E-state index is 10.1. The molecular weight excluding hydrogens is 404 g/mol. The van der Waals surface area contributed by atoms with Gasteiger partial charge in [0, 0.05) is 17.4 Å². The van der Waals surface area contributed by atoms with E-state index in [-0.39, 0.29) is 5.41 Å². The third-order valence-corrected chi connectivity index (χ3v) is 8.42. The average molecular weight is 445 g/mol. The van der Waals surface area contributed by atoms with E-state index in [0.29, 0.717) is 24.0 Å². The second-order valence-corrected chi connectivity index (χ2v) is 11.7. The molecule has 3 aliphatic carbocycles. The summed E-state index contributed by atoms with van der Waals surface area (Å²) < 4.78 is 0. The Morgan fingerprint density at radius 1 is 1.32 bits per heavy atom. The summed E-state index contributed by atoms with van der Waals surface area (Å²) in [5, 5.41) is 30.5. The van der Waals surface area contributed by atoms with E-state index in [0.717, 1.165) is 29.7 Å². The molecule has 31 heavy (non-hydrogen) atoms. The van der Waals surface area contributed by atoms with Crippen LogP contribution in [0.3, 0.4) is 0 Å². The largest absolute Gasteiger partial charge is 0.393 e. The third kappa shape index (κ3) is 5.84. The minimum Gasteiger partial charge on any atom is -0.393 e. The van der Waals surface area contributed by atoms with E-state index >= 15 is 0 Å². The molecule has 0 bridgehead atoms. The quantitative estimate of drug-likeness (QED) is 0.474. The number of hydrogen-bond donors (Lipinski definition) is 3. The summed E-state index contributed by atoms with van der Waals surface area (Å²) in [6, 6.07) is 0. The van der Waals surface area contributed by atoms with Crippen LogP contribution in [-0.2, 0) is 0 Å². The first-order chi connectivity index (χ1) is 14.5. The highest BCUT2D eigenvalue weighted by Gasteiger charge is 2.46. The van der Waals surface area contributed by atoms with E-state index in [2.05, 4.69) is 44.7 Å². The van der Waals surface area contributed by atoms with Crippen molar-refractivity contribution in [3.05, 3.63) is 59.3 Å². The van der Waals surface area contributed by atoms with E-state index < -0.39 is 17.8 Å². The first-order valence-electron chi connectivity index (χ1n) is 11.7. The van der Waals surface area contributed by atoms with Crippen molar-refractivity contribution >= 4 is 11.8 Å². The Hall–Kier alpha value is -1.07. The normalized spacial score (nSPS) is 35.6. The topological polar surface area (TPSA) is 60.7 Å². The molecule has 0 saturated heterocycles. The van der Waals surface area contributed by atoms with Crippen molar-refractivity contribution in [2.45, 2.75) is 89.3 Å². The molecule has 0 amide bonds. The van der Waals surface area contributed by atoms with E-state index in [9.17, 15) is 15.3 Å². The Labute approximate surface area is 192 Å². The van der Waals surface area contributed by atoms with Crippen LogP contribution in [0.25, 0.3) is 0 Å². The maximum atomic E-state index is 10.1. The second kappa shape index (κ2) is 9.82. The summed E-state index contributed by atoms with van der Waals surface area (Å²) >= 11 is 1.94. The van der Waals surface area contributed by atoms with E-state index in [1.165, 1.54) is 18.4 Å².